The molecule has 94 valence electrons. The average molecular weight is 241 g/mol. The van der Waals surface area contributed by atoms with E-state index < -0.39 is 0 Å². The van der Waals surface area contributed by atoms with Crippen molar-refractivity contribution in [2.24, 2.45) is 5.41 Å². The van der Waals surface area contributed by atoms with Crippen LogP contribution < -0.4 is 5.32 Å². The maximum absolute atomic E-state index is 11.6. The summed E-state index contributed by atoms with van der Waals surface area (Å²) in [7, 11) is 0. The molecule has 1 aliphatic heterocycles. The van der Waals surface area contributed by atoms with Gasteiger partial charge >= 0.3 is 0 Å². The van der Waals surface area contributed by atoms with Crippen molar-refractivity contribution in [1.29, 1.82) is 0 Å². The highest BCUT2D eigenvalue weighted by atomic mass is 16.1. The molecule has 1 atom stereocenters. The van der Waals surface area contributed by atoms with E-state index in [1.165, 1.54) is 11.1 Å². The van der Waals surface area contributed by atoms with Gasteiger partial charge < -0.3 is 5.32 Å². The largest absolute Gasteiger partial charge is 0.316 e. The standard InChI is InChI=1S/C16H19NO/c18-15-6-8-16(11-13-4-2-1-3-5-13)12-17-9-7-14(16)10-15/h1-5,10,17H,6-9,11-12H2. The summed E-state index contributed by atoms with van der Waals surface area (Å²) in [5, 5.41) is 3.51. The molecule has 1 fully saturated rings. The third kappa shape index (κ3) is 2.13. The molecule has 18 heavy (non-hydrogen) atoms. The van der Waals surface area contributed by atoms with Crippen molar-refractivity contribution in [3.8, 4) is 0 Å². The predicted octanol–water partition coefficient (Wildman–Crippen LogP) is 2.50. The number of carbonyl (C=O) groups excluding carboxylic acids is 1. The van der Waals surface area contributed by atoms with E-state index in [-0.39, 0.29) is 5.41 Å². The topological polar surface area (TPSA) is 29.1 Å². The molecule has 0 saturated carbocycles. The molecule has 0 spiro atoms. The van der Waals surface area contributed by atoms with Crippen LogP contribution in [-0.4, -0.2) is 18.9 Å². The van der Waals surface area contributed by atoms with Gasteiger partial charge in [-0.2, -0.15) is 0 Å². The Hall–Kier alpha value is -1.41. The van der Waals surface area contributed by atoms with Crippen LogP contribution in [0.4, 0.5) is 0 Å². The van der Waals surface area contributed by atoms with Crippen LogP contribution in [0.25, 0.3) is 0 Å². The molecule has 0 aromatic heterocycles. The van der Waals surface area contributed by atoms with Crippen molar-refractivity contribution in [2.45, 2.75) is 25.7 Å². The third-order valence-electron chi connectivity index (χ3n) is 4.29. The summed E-state index contributed by atoms with van der Waals surface area (Å²) in [5.74, 6) is 0.315. The van der Waals surface area contributed by atoms with Gasteiger partial charge in [-0.05, 0) is 37.4 Å². The normalized spacial score (nSPS) is 27.6. The van der Waals surface area contributed by atoms with Crippen molar-refractivity contribution >= 4 is 5.78 Å². The minimum absolute atomic E-state index is 0.188. The number of hydrogen-bond acceptors (Lipinski definition) is 2. The van der Waals surface area contributed by atoms with Crippen LogP contribution >= 0.6 is 0 Å². The number of benzene rings is 1. The Balaban J connectivity index is 1.91. The molecule has 2 aliphatic rings. The summed E-state index contributed by atoms with van der Waals surface area (Å²) in [5.41, 5.74) is 2.94. The Morgan fingerprint density at radius 2 is 2.00 bits per heavy atom. The average Bonchev–Trinajstić information content (AvgIpc) is 2.40. The van der Waals surface area contributed by atoms with Gasteiger partial charge in [0, 0.05) is 18.4 Å². The van der Waals surface area contributed by atoms with E-state index >= 15 is 0 Å². The Morgan fingerprint density at radius 1 is 1.17 bits per heavy atom. The zero-order chi connectivity index (χ0) is 12.4. The van der Waals surface area contributed by atoms with Crippen molar-refractivity contribution in [3.05, 3.63) is 47.5 Å². The zero-order valence-electron chi connectivity index (χ0n) is 10.6. The summed E-state index contributed by atoms with van der Waals surface area (Å²) in [6.45, 7) is 2.02. The summed E-state index contributed by atoms with van der Waals surface area (Å²) in [6, 6.07) is 10.6. The second-order valence-corrected chi connectivity index (χ2v) is 5.51. The van der Waals surface area contributed by atoms with E-state index in [2.05, 4.69) is 35.6 Å². The second-order valence-electron chi connectivity index (χ2n) is 5.51. The number of rotatable bonds is 2. The number of nitrogens with one attached hydrogen (secondary N) is 1. The molecular weight excluding hydrogens is 222 g/mol. The fraction of sp³-hybridized carbons (Fsp3) is 0.438. The van der Waals surface area contributed by atoms with E-state index in [9.17, 15) is 4.79 Å². The minimum Gasteiger partial charge on any atom is -0.316 e. The van der Waals surface area contributed by atoms with Gasteiger partial charge in [-0.15, -0.1) is 0 Å². The molecular formula is C16H19NO. The number of carbonyl (C=O) groups is 1. The summed E-state index contributed by atoms with van der Waals surface area (Å²) < 4.78 is 0. The molecule has 1 saturated heterocycles. The molecule has 2 heteroatoms. The van der Waals surface area contributed by atoms with Gasteiger partial charge in [-0.25, -0.2) is 0 Å². The maximum Gasteiger partial charge on any atom is 0.155 e. The highest BCUT2D eigenvalue weighted by molar-refractivity contribution is 5.91. The first-order valence-corrected chi connectivity index (χ1v) is 6.77. The lowest BCUT2D eigenvalue weighted by Gasteiger charge is -2.42. The monoisotopic (exact) mass is 241 g/mol. The van der Waals surface area contributed by atoms with Crippen molar-refractivity contribution in [3.63, 3.8) is 0 Å². The minimum atomic E-state index is 0.188. The number of piperidine rings is 1. The van der Waals surface area contributed by atoms with Crippen LogP contribution in [0.1, 0.15) is 24.8 Å². The van der Waals surface area contributed by atoms with Gasteiger partial charge in [0.2, 0.25) is 0 Å². The molecule has 1 heterocycles. The Kier molecular flexibility index (Phi) is 3.04. The smallest absolute Gasteiger partial charge is 0.155 e. The molecule has 3 rings (SSSR count). The number of ketones is 1. The van der Waals surface area contributed by atoms with Crippen LogP contribution in [0.3, 0.4) is 0 Å². The van der Waals surface area contributed by atoms with Crippen molar-refractivity contribution in [2.75, 3.05) is 13.1 Å². The van der Waals surface area contributed by atoms with E-state index in [1.54, 1.807) is 0 Å². The summed E-state index contributed by atoms with van der Waals surface area (Å²) in [6.07, 6.45) is 5.71. The fourth-order valence-electron chi connectivity index (χ4n) is 3.28. The lowest BCUT2D eigenvalue weighted by atomic mass is 9.66. The lowest BCUT2D eigenvalue weighted by molar-refractivity contribution is -0.115. The second kappa shape index (κ2) is 4.69. The molecule has 2 nitrogen and oxygen atoms in total. The first kappa shape index (κ1) is 11.7. The summed E-state index contributed by atoms with van der Waals surface area (Å²) >= 11 is 0. The maximum atomic E-state index is 11.6. The van der Waals surface area contributed by atoms with E-state index in [4.69, 9.17) is 0 Å². The van der Waals surface area contributed by atoms with Gasteiger partial charge in [0.15, 0.2) is 5.78 Å². The van der Waals surface area contributed by atoms with Crippen LogP contribution in [0, 0.1) is 5.41 Å². The summed E-state index contributed by atoms with van der Waals surface area (Å²) in [4.78, 5) is 11.6. The fourth-order valence-corrected chi connectivity index (χ4v) is 3.28. The van der Waals surface area contributed by atoms with Crippen molar-refractivity contribution < 1.29 is 4.79 Å². The van der Waals surface area contributed by atoms with Gasteiger partial charge in [0.05, 0.1) is 0 Å². The Morgan fingerprint density at radius 3 is 2.83 bits per heavy atom. The number of allylic oxidation sites excluding steroid dienone is 1. The molecule has 1 aromatic rings. The SMILES string of the molecule is O=C1C=C2CCNCC2(Cc2ccccc2)CC1. The Labute approximate surface area is 108 Å². The van der Waals surface area contributed by atoms with Gasteiger partial charge in [0.1, 0.15) is 0 Å². The van der Waals surface area contributed by atoms with Crippen LogP contribution in [0.2, 0.25) is 0 Å². The highest BCUT2D eigenvalue weighted by Crippen LogP contribution is 2.42. The van der Waals surface area contributed by atoms with E-state index in [0.717, 1.165) is 32.4 Å². The molecule has 1 aliphatic carbocycles. The van der Waals surface area contributed by atoms with Crippen molar-refractivity contribution in [1.82, 2.24) is 5.32 Å². The quantitative estimate of drug-likeness (QED) is 0.862. The van der Waals surface area contributed by atoms with E-state index in [0.29, 0.717) is 12.2 Å². The Bertz CT molecular complexity index is 477. The van der Waals surface area contributed by atoms with Crippen LogP contribution in [0.15, 0.2) is 42.0 Å². The molecule has 1 aromatic carbocycles. The molecule has 1 unspecified atom stereocenters. The molecule has 1 N–H and O–H groups in total. The first-order valence-electron chi connectivity index (χ1n) is 6.77. The third-order valence-corrected chi connectivity index (χ3v) is 4.29. The van der Waals surface area contributed by atoms with Gasteiger partial charge in [0.25, 0.3) is 0 Å². The van der Waals surface area contributed by atoms with Gasteiger partial charge in [-0.1, -0.05) is 35.9 Å². The van der Waals surface area contributed by atoms with Crippen LogP contribution in [0.5, 0.6) is 0 Å². The first-order chi connectivity index (χ1) is 8.78. The number of fused-ring (bicyclic) bond motifs is 1. The predicted molar refractivity (Wildman–Crippen MR) is 72.4 cm³/mol. The van der Waals surface area contributed by atoms with Crippen LogP contribution in [-0.2, 0) is 11.2 Å². The highest BCUT2D eigenvalue weighted by Gasteiger charge is 2.39. The molecule has 0 radical (unpaired) electrons. The molecule has 0 bridgehead atoms. The molecule has 0 amide bonds. The zero-order valence-corrected chi connectivity index (χ0v) is 10.6. The van der Waals surface area contributed by atoms with Gasteiger partial charge in [-0.3, -0.25) is 4.79 Å². The lowest BCUT2D eigenvalue weighted by Crippen LogP contribution is -2.45. The van der Waals surface area contributed by atoms with E-state index in [1.807, 2.05) is 6.08 Å². The number of hydrogen-bond donors (Lipinski definition) is 1.